The van der Waals surface area contributed by atoms with Crippen LogP contribution in [0.25, 0.3) is 0 Å². The van der Waals surface area contributed by atoms with Gasteiger partial charge in [0.2, 0.25) is 0 Å². The van der Waals surface area contributed by atoms with E-state index >= 15 is 0 Å². The third-order valence-corrected chi connectivity index (χ3v) is 7.52. The third-order valence-electron chi connectivity index (χ3n) is 7.52. The molecular formula is C27H33N3O2. The molecule has 5 nitrogen and oxygen atoms in total. The van der Waals surface area contributed by atoms with Gasteiger partial charge in [-0.15, -0.1) is 0 Å². The molecule has 2 heterocycles. The Balaban J connectivity index is 1.36. The maximum absolute atomic E-state index is 13.7. The van der Waals surface area contributed by atoms with Gasteiger partial charge in [-0.3, -0.25) is 14.6 Å². The summed E-state index contributed by atoms with van der Waals surface area (Å²) in [4.78, 5) is 33.1. The molecule has 32 heavy (non-hydrogen) atoms. The first kappa shape index (κ1) is 21.2. The molecule has 3 amide bonds. The summed E-state index contributed by atoms with van der Waals surface area (Å²) < 4.78 is 0. The monoisotopic (exact) mass is 431 g/mol. The van der Waals surface area contributed by atoms with Crippen LogP contribution in [0.2, 0.25) is 0 Å². The fraction of sp³-hybridized carbons (Fsp3) is 0.481. The van der Waals surface area contributed by atoms with Crippen LogP contribution in [0.1, 0.15) is 43.4 Å². The Morgan fingerprint density at radius 3 is 2.09 bits per heavy atom. The second kappa shape index (κ2) is 8.36. The van der Waals surface area contributed by atoms with Crippen molar-refractivity contribution in [1.29, 1.82) is 0 Å². The van der Waals surface area contributed by atoms with Gasteiger partial charge in [-0.2, -0.15) is 0 Å². The van der Waals surface area contributed by atoms with E-state index in [2.05, 4.69) is 43.0 Å². The zero-order valence-corrected chi connectivity index (χ0v) is 19.2. The van der Waals surface area contributed by atoms with E-state index in [-0.39, 0.29) is 17.9 Å². The van der Waals surface area contributed by atoms with Crippen LogP contribution < -0.4 is 0 Å². The number of nitrogens with zero attached hydrogens (tertiary/aromatic N) is 3. The molecule has 2 aromatic rings. The summed E-state index contributed by atoms with van der Waals surface area (Å²) in [5.41, 5.74) is 3.29. The number of likely N-dealkylation sites (tertiary alicyclic amines) is 1. The highest BCUT2D eigenvalue weighted by Gasteiger charge is 2.58. The van der Waals surface area contributed by atoms with Crippen molar-refractivity contribution in [3.05, 3.63) is 71.3 Å². The lowest BCUT2D eigenvalue weighted by molar-refractivity contribution is -0.136. The summed E-state index contributed by atoms with van der Waals surface area (Å²) in [6.45, 7) is 6.83. The molecule has 0 unspecified atom stereocenters. The van der Waals surface area contributed by atoms with E-state index in [1.165, 1.54) is 16.0 Å². The van der Waals surface area contributed by atoms with E-state index in [0.29, 0.717) is 32.0 Å². The van der Waals surface area contributed by atoms with E-state index in [0.717, 1.165) is 31.5 Å². The maximum atomic E-state index is 13.7. The molecule has 2 aliphatic heterocycles. The summed E-state index contributed by atoms with van der Waals surface area (Å²) in [6.07, 6.45) is 3.60. The average molecular weight is 432 g/mol. The van der Waals surface area contributed by atoms with Crippen molar-refractivity contribution < 1.29 is 9.59 Å². The van der Waals surface area contributed by atoms with Crippen molar-refractivity contribution in [3.8, 4) is 0 Å². The van der Waals surface area contributed by atoms with E-state index < -0.39 is 5.54 Å². The lowest BCUT2D eigenvalue weighted by atomic mass is 9.84. The summed E-state index contributed by atoms with van der Waals surface area (Å²) >= 11 is 0. The largest absolute Gasteiger partial charge is 0.327 e. The Bertz CT molecular complexity index is 970. The number of benzene rings is 2. The van der Waals surface area contributed by atoms with Crippen LogP contribution in [0.5, 0.6) is 0 Å². The fourth-order valence-electron chi connectivity index (χ4n) is 5.83. The first-order valence-corrected chi connectivity index (χ1v) is 12.0. The van der Waals surface area contributed by atoms with Gasteiger partial charge in [-0.05, 0) is 48.3 Å². The number of urea groups is 1. The topological polar surface area (TPSA) is 43.9 Å². The normalized spacial score (nSPS) is 21.2. The van der Waals surface area contributed by atoms with Gasteiger partial charge in [0, 0.05) is 32.2 Å². The second-order valence-corrected chi connectivity index (χ2v) is 10.1. The molecule has 0 aromatic heterocycles. The average Bonchev–Trinajstić information content (AvgIpc) is 3.31. The van der Waals surface area contributed by atoms with Gasteiger partial charge in [0.25, 0.3) is 5.91 Å². The Labute approximate surface area is 191 Å². The maximum Gasteiger partial charge on any atom is 0.327 e. The molecule has 168 valence electrons. The molecule has 3 aliphatic rings. The summed E-state index contributed by atoms with van der Waals surface area (Å²) in [7, 11) is 0. The molecule has 0 bridgehead atoms. The molecule has 1 aliphatic carbocycles. The number of carbonyl (C=O) groups excluding carboxylic acids is 2. The molecule has 0 N–H and O–H groups in total. The number of hydrogen-bond acceptors (Lipinski definition) is 3. The third kappa shape index (κ3) is 3.62. The van der Waals surface area contributed by atoms with Gasteiger partial charge in [0.15, 0.2) is 0 Å². The Hall–Kier alpha value is -2.66. The summed E-state index contributed by atoms with van der Waals surface area (Å²) in [6, 6.07) is 19.2. The SMILES string of the molecule is CC(C)CN1C(=O)N(Cc2ccccc2)C2(CCN(C3Cc4ccccc4C3)CC2)C1=O. The number of fused-ring (bicyclic) bond motifs is 1. The van der Waals surface area contributed by atoms with Gasteiger partial charge in [-0.1, -0.05) is 68.4 Å². The van der Waals surface area contributed by atoms with Crippen LogP contribution in [0.3, 0.4) is 0 Å². The van der Waals surface area contributed by atoms with E-state index in [9.17, 15) is 9.59 Å². The summed E-state index contributed by atoms with van der Waals surface area (Å²) in [5, 5.41) is 0. The van der Waals surface area contributed by atoms with Crippen molar-refractivity contribution in [1.82, 2.24) is 14.7 Å². The number of carbonyl (C=O) groups is 2. The van der Waals surface area contributed by atoms with Gasteiger partial charge < -0.3 is 4.90 Å². The molecule has 0 saturated carbocycles. The van der Waals surface area contributed by atoms with Crippen LogP contribution in [-0.2, 0) is 24.2 Å². The van der Waals surface area contributed by atoms with Crippen LogP contribution in [0.15, 0.2) is 54.6 Å². The Morgan fingerprint density at radius 1 is 0.906 bits per heavy atom. The molecule has 1 spiro atoms. The minimum Gasteiger partial charge on any atom is -0.305 e. The van der Waals surface area contributed by atoms with Gasteiger partial charge in [-0.25, -0.2) is 4.79 Å². The zero-order chi connectivity index (χ0) is 22.3. The van der Waals surface area contributed by atoms with Crippen molar-refractivity contribution in [2.45, 2.75) is 57.7 Å². The van der Waals surface area contributed by atoms with Crippen molar-refractivity contribution in [3.63, 3.8) is 0 Å². The lowest BCUT2D eigenvalue weighted by Crippen LogP contribution is -2.57. The van der Waals surface area contributed by atoms with Crippen LogP contribution in [0.4, 0.5) is 4.79 Å². The van der Waals surface area contributed by atoms with E-state index in [1.807, 2.05) is 35.2 Å². The quantitative estimate of drug-likeness (QED) is 0.670. The highest BCUT2D eigenvalue weighted by Crippen LogP contribution is 2.40. The number of amides is 3. The van der Waals surface area contributed by atoms with Crippen LogP contribution in [-0.4, -0.2) is 57.9 Å². The molecule has 2 saturated heterocycles. The molecule has 2 fully saturated rings. The van der Waals surface area contributed by atoms with Crippen molar-refractivity contribution >= 4 is 11.9 Å². The zero-order valence-electron chi connectivity index (χ0n) is 19.2. The van der Waals surface area contributed by atoms with E-state index in [4.69, 9.17) is 0 Å². The molecule has 2 aromatic carbocycles. The smallest absolute Gasteiger partial charge is 0.305 e. The Kier molecular flexibility index (Phi) is 5.54. The van der Waals surface area contributed by atoms with Gasteiger partial charge in [0.05, 0.1) is 0 Å². The highest BCUT2D eigenvalue weighted by atomic mass is 16.2. The van der Waals surface area contributed by atoms with E-state index in [1.54, 1.807) is 0 Å². The minimum atomic E-state index is -0.705. The van der Waals surface area contributed by atoms with Crippen LogP contribution >= 0.6 is 0 Å². The number of hydrogen-bond donors (Lipinski definition) is 0. The van der Waals surface area contributed by atoms with Gasteiger partial charge in [0.1, 0.15) is 5.54 Å². The first-order valence-electron chi connectivity index (χ1n) is 12.0. The molecule has 0 radical (unpaired) electrons. The summed E-state index contributed by atoms with van der Waals surface area (Å²) in [5.74, 6) is 0.273. The predicted molar refractivity (Wildman–Crippen MR) is 125 cm³/mol. The lowest BCUT2D eigenvalue weighted by Gasteiger charge is -2.44. The molecule has 5 rings (SSSR count). The Morgan fingerprint density at radius 2 is 1.50 bits per heavy atom. The second-order valence-electron chi connectivity index (χ2n) is 10.1. The highest BCUT2D eigenvalue weighted by molar-refractivity contribution is 6.07. The first-order chi connectivity index (χ1) is 15.5. The number of rotatable bonds is 5. The van der Waals surface area contributed by atoms with Crippen LogP contribution in [0, 0.1) is 5.92 Å². The number of piperidine rings is 1. The number of imide groups is 1. The molecule has 5 heteroatoms. The van der Waals surface area contributed by atoms with Crippen molar-refractivity contribution in [2.75, 3.05) is 19.6 Å². The van der Waals surface area contributed by atoms with Crippen molar-refractivity contribution in [2.24, 2.45) is 5.92 Å². The predicted octanol–water partition coefficient (Wildman–Crippen LogP) is 4.11. The van der Waals surface area contributed by atoms with Gasteiger partial charge >= 0.3 is 6.03 Å². The molecule has 0 atom stereocenters. The minimum absolute atomic E-state index is 0.0153. The molecular weight excluding hydrogens is 398 g/mol. The fourth-order valence-corrected chi connectivity index (χ4v) is 5.83. The standard InChI is InChI=1S/C27H33N3O2/c1-20(2)18-29-25(31)27(30(26(29)32)19-21-8-4-3-5-9-21)12-14-28(15-13-27)24-16-22-10-6-7-11-23(22)17-24/h3-11,20,24H,12-19H2,1-2H3.